The summed E-state index contributed by atoms with van der Waals surface area (Å²) in [6, 6.07) is 3.72. The lowest BCUT2D eigenvalue weighted by Crippen LogP contribution is -2.43. The molecular weight excluding hydrogens is 272 g/mol. The Morgan fingerprint density at radius 1 is 1.25 bits per heavy atom. The van der Waals surface area contributed by atoms with Crippen LogP contribution in [0.25, 0.3) is 0 Å². The lowest BCUT2D eigenvalue weighted by molar-refractivity contribution is 0.270. The highest BCUT2D eigenvalue weighted by Gasteiger charge is 2.31. The average molecular weight is 296 g/mol. The SMILES string of the molecule is CCc1cc(N)c(CC)c(S(=O)(=O)NC2CC(C)C2)c1. The summed E-state index contributed by atoms with van der Waals surface area (Å²) in [6.07, 6.45) is 3.23. The highest BCUT2D eigenvalue weighted by atomic mass is 32.2. The third kappa shape index (κ3) is 2.99. The van der Waals surface area contributed by atoms with Crippen LogP contribution in [0.1, 0.15) is 44.7 Å². The summed E-state index contributed by atoms with van der Waals surface area (Å²) in [4.78, 5) is 0.358. The van der Waals surface area contributed by atoms with Crippen LogP contribution in [0.15, 0.2) is 17.0 Å². The van der Waals surface area contributed by atoms with Gasteiger partial charge in [-0.15, -0.1) is 0 Å². The van der Waals surface area contributed by atoms with Gasteiger partial charge in [0.2, 0.25) is 10.0 Å². The Labute approximate surface area is 121 Å². The van der Waals surface area contributed by atoms with Gasteiger partial charge in [-0.3, -0.25) is 0 Å². The van der Waals surface area contributed by atoms with Crippen molar-refractivity contribution in [3.05, 3.63) is 23.3 Å². The van der Waals surface area contributed by atoms with Gasteiger partial charge >= 0.3 is 0 Å². The molecule has 4 nitrogen and oxygen atoms in total. The molecule has 3 N–H and O–H groups in total. The van der Waals surface area contributed by atoms with Crippen LogP contribution >= 0.6 is 0 Å². The number of nitrogens with one attached hydrogen (secondary N) is 1. The molecule has 1 saturated carbocycles. The van der Waals surface area contributed by atoms with E-state index in [2.05, 4.69) is 11.6 Å². The Morgan fingerprint density at radius 3 is 2.40 bits per heavy atom. The lowest BCUT2D eigenvalue weighted by atomic mass is 9.83. The number of nitrogen functional groups attached to an aromatic ring is 1. The first-order valence-corrected chi connectivity index (χ1v) is 8.79. The minimum absolute atomic E-state index is 0.0752. The Bertz CT molecular complexity index is 590. The van der Waals surface area contributed by atoms with Crippen LogP contribution in [0.5, 0.6) is 0 Å². The van der Waals surface area contributed by atoms with Crippen molar-refractivity contribution in [3.63, 3.8) is 0 Å². The standard InChI is InChI=1S/C15H24N2O2S/c1-4-11-8-14(16)13(5-2)15(9-11)20(18,19)17-12-6-10(3)7-12/h8-10,12,17H,4-7,16H2,1-3H3. The molecule has 112 valence electrons. The van der Waals surface area contributed by atoms with Gasteiger partial charge in [0.25, 0.3) is 0 Å². The van der Waals surface area contributed by atoms with E-state index in [9.17, 15) is 8.42 Å². The van der Waals surface area contributed by atoms with Crippen molar-refractivity contribution in [2.24, 2.45) is 5.92 Å². The molecule has 0 amide bonds. The minimum atomic E-state index is -3.47. The van der Waals surface area contributed by atoms with Gasteiger partial charge in [-0.1, -0.05) is 20.8 Å². The molecule has 1 aromatic carbocycles. The molecule has 0 heterocycles. The Balaban J connectivity index is 2.36. The van der Waals surface area contributed by atoms with Crippen LogP contribution in [-0.2, 0) is 22.9 Å². The Kier molecular flexibility index (Phi) is 4.39. The minimum Gasteiger partial charge on any atom is -0.398 e. The number of sulfonamides is 1. The third-order valence-electron chi connectivity index (χ3n) is 4.05. The molecule has 1 fully saturated rings. The first-order chi connectivity index (χ1) is 9.37. The van der Waals surface area contributed by atoms with Gasteiger partial charge in [0.1, 0.15) is 0 Å². The highest BCUT2D eigenvalue weighted by Crippen LogP contribution is 2.30. The van der Waals surface area contributed by atoms with Crippen LogP contribution in [0.3, 0.4) is 0 Å². The van der Waals surface area contributed by atoms with Gasteiger partial charge in [0.05, 0.1) is 4.90 Å². The van der Waals surface area contributed by atoms with Crippen molar-refractivity contribution in [2.75, 3.05) is 5.73 Å². The van der Waals surface area contributed by atoms with Crippen molar-refractivity contribution < 1.29 is 8.42 Å². The monoisotopic (exact) mass is 296 g/mol. The number of benzene rings is 1. The van der Waals surface area contributed by atoms with Crippen LogP contribution < -0.4 is 10.5 Å². The average Bonchev–Trinajstić information content (AvgIpc) is 2.35. The van der Waals surface area contributed by atoms with Crippen LogP contribution in [0, 0.1) is 5.92 Å². The zero-order chi connectivity index (χ0) is 14.9. The van der Waals surface area contributed by atoms with Crippen molar-refractivity contribution in [3.8, 4) is 0 Å². The normalized spacial score (nSPS) is 22.6. The summed E-state index contributed by atoms with van der Waals surface area (Å²) >= 11 is 0. The summed E-state index contributed by atoms with van der Waals surface area (Å²) in [5.74, 6) is 0.611. The molecule has 0 radical (unpaired) electrons. The van der Waals surface area contributed by atoms with Gasteiger partial charge in [0.15, 0.2) is 0 Å². The van der Waals surface area contributed by atoms with E-state index in [-0.39, 0.29) is 6.04 Å². The van der Waals surface area contributed by atoms with Crippen molar-refractivity contribution in [2.45, 2.75) is 57.4 Å². The molecule has 1 aliphatic carbocycles. The fraction of sp³-hybridized carbons (Fsp3) is 0.600. The molecule has 1 aliphatic rings. The number of hydrogen-bond donors (Lipinski definition) is 2. The van der Waals surface area contributed by atoms with E-state index in [1.54, 1.807) is 6.07 Å². The zero-order valence-corrected chi connectivity index (χ0v) is 13.3. The maximum atomic E-state index is 12.6. The number of hydrogen-bond acceptors (Lipinski definition) is 3. The third-order valence-corrected chi connectivity index (χ3v) is 5.64. The smallest absolute Gasteiger partial charge is 0.241 e. The molecule has 0 aromatic heterocycles. The second kappa shape index (κ2) is 5.74. The van der Waals surface area contributed by atoms with Crippen molar-refractivity contribution in [1.29, 1.82) is 0 Å². The summed E-state index contributed by atoms with van der Waals surface area (Å²) in [5, 5.41) is 0. The van der Waals surface area contributed by atoms with Gasteiger partial charge < -0.3 is 5.73 Å². The van der Waals surface area contributed by atoms with Crippen molar-refractivity contribution >= 4 is 15.7 Å². The lowest BCUT2D eigenvalue weighted by Gasteiger charge is -2.33. The second-order valence-electron chi connectivity index (χ2n) is 5.76. The van der Waals surface area contributed by atoms with E-state index in [1.807, 2.05) is 19.9 Å². The summed E-state index contributed by atoms with van der Waals surface area (Å²) in [5.41, 5.74) is 8.27. The highest BCUT2D eigenvalue weighted by molar-refractivity contribution is 7.89. The maximum absolute atomic E-state index is 12.6. The van der Waals surface area contributed by atoms with E-state index in [0.717, 1.165) is 30.4 Å². The maximum Gasteiger partial charge on any atom is 0.241 e. The molecule has 5 heteroatoms. The van der Waals surface area contributed by atoms with Crippen LogP contribution in [0.2, 0.25) is 0 Å². The van der Waals surface area contributed by atoms with Crippen LogP contribution in [0.4, 0.5) is 5.69 Å². The van der Waals surface area contributed by atoms with E-state index in [4.69, 9.17) is 5.73 Å². The molecule has 0 atom stereocenters. The Hall–Kier alpha value is -1.07. The van der Waals surface area contributed by atoms with Gasteiger partial charge in [-0.25, -0.2) is 13.1 Å². The topological polar surface area (TPSA) is 72.2 Å². The fourth-order valence-electron chi connectivity index (χ4n) is 2.83. The van der Waals surface area contributed by atoms with E-state index < -0.39 is 10.0 Å². The van der Waals surface area contributed by atoms with Gasteiger partial charge in [-0.2, -0.15) is 0 Å². The number of nitrogens with two attached hydrogens (primary N) is 1. The first-order valence-electron chi connectivity index (χ1n) is 7.31. The van der Waals surface area contributed by atoms with Crippen molar-refractivity contribution in [1.82, 2.24) is 4.72 Å². The predicted molar refractivity (Wildman–Crippen MR) is 82.1 cm³/mol. The first kappa shape index (κ1) is 15.3. The number of anilines is 1. The molecular formula is C15H24N2O2S. The molecule has 0 saturated heterocycles. The van der Waals surface area contributed by atoms with Crippen LogP contribution in [-0.4, -0.2) is 14.5 Å². The van der Waals surface area contributed by atoms with E-state index in [1.165, 1.54) is 0 Å². The summed E-state index contributed by atoms with van der Waals surface area (Å²) < 4.78 is 28.0. The molecule has 2 rings (SSSR count). The Morgan fingerprint density at radius 2 is 1.90 bits per heavy atom. The molecule has 1 aromatic rings. The van der Waals surface area contributed by atoms with Gasteiger partial charge in [0, 0.05) is 11.7 Å². The molecule has 0 bridgehead atoms. The number of rotatable bonds is 5. The quantitative estimate of drug-likeness (QED) is 0.820. The fourth-order valence-corrected chi connectivity index (χ4v) is 4.48. The molecule has 0 aliphatic heterocycles. The number of aryl methyl sites for hydroxylation is 1. The molecule has 0 unspecified atom stereocenters. The summed E-state index contributed by atoms with van der Waals surface area (Å²) in [6.45, 7) is 6.07. The largest absolute Gasteiger partial charge is 0.398 e. The summed E-state index contributed by atoms with van der Waals surface area (Å²) in [7, 11) is -3.47. The van der Waals surface area contributed by atoms with E-state index >= 15 is 0 Å². The predicted octanol–water partition coefficient (Wildman–Crippen LogP) is 2.47. The van der Waals surface area contributed by atoms with Gasteiger partial charge in [-0.05, 0) is 54.9 Å². The zero-order valence-electron chi connectivity index (χ0n) is 12.4. The molecule has 0 spiro atoms. The second-order valence-corrected chi connectivity index (χ2v) is 7.45. The van der Waals surface area contributed by atoms with E-state index in [0.29, 0.717) is 22.9 Å². The molecule has 20 heavy (non-hydrogen) atoms.